The SMILES string of the molecule is C1=CC1.[N-]=[N+]=N. The van der Waals surface area contributed by atoms with Crippen molar-refractivity contribution in [2.24, 2.45) is 0 Å². The van der Waals surface area contributed by atoms with Gasteiger partial charge in [-0.2, -0.15) is 0 Å². The lowest BCUT2D eigenvalue weighted by molar-refractivity contribution is 1.45. The number of allylic oxidation sites excluding steroid dienone is 2. The minimum absolute atomic E-state index is 1.25. The topological polar surface area (TPSA) is 60.3 Å². The minimum Gasteiger partial charge on any atom is -0.108 e. The van der Waals surface area contributed by atoms with E-state index in [2.05, 4.69) is 12.2 Å². The summed E-state index contributed by atoms with van der Waals surface area (Å²) >= 11 is 0. The number of hydrogen-bond acceptors (Lipinski definition) is 1. The van der Waals surface area contributed by atoms with Gasteiger partial charge in [0.25, 0.3) is 0 Å². The Balaban J connectivity index is 0.0000000833. The van der Waals surface area contributed by atoms with E-state index in [9.17, 15) is 0 Å². The molecular weight excluding hydrogens is 78.1 g/mol. The molecule has 0 aliphatic heterocycles. The Morgan fingerprint density at radius 2 is 1.83 bits per heavy atom. The summed E-state index contributed by atoms with van der Waals surface area (Å²) in [6.07, 6.45) is 5.50. The summed E-state index contributed by atoms with van der Waals surface area (Å²) < 4.78 is 0. The molecule has 1 N–H and O–H groups in total. The van der Waals surface area contributed by atoms with E-state index >= 15 is 0 Å². The van der Waals surface area contributed by atoms with E-state index in [-0.39, 0.29) is 0 Å². The quantitative estimate of drug-likeness (QED) is 0.201. The van der Waals surface area contributed by atoms with Crippen LogP contribution in [0.25, 0.3) is 10.4 Å². The molecule has 6 heavy (non-hydrogen) atoms. The second-order valence-electron chi connectivity index (χ2n) is 0.807. The van der Waals surface area contributed by atoms with Crippen LogP contribution in [0.4, 0.5) is 0 Å². The number of rotatable bonds is 0. The normalized spacial score (nSPS) is 10.7. The van der Waals surface area contributed by atoms with Crippen LogP contribution in [-0.2, 0) is 0 Å². The first-order chi connectivity index (χ1) is 2.91. The Bertz CT molecular complexity index is 74.0. The molecule has 0 saturated heterocycles. The van der Waals surface area contributed by atoms with Gasteiger partial charge in [-0.15, -0.1) is 5.53 Å². The van der Waals surface area contributed by atoms with Crippen molar-refractivity contribution in [3.8, 4) is 0 Å². The highest BCUT2D eigenvalue weighted by Crippen LogP contribution is 1.96. The molecule has 0 aromatic rings. The van der Waals surface area contributed by atoms with Crippen LogP contribution in [0.2, 0.25) is 0 Å². The predicted molar refractivity (Wildman–Crippen MR) is 23.2 cm³/mol. The van der Waals surface area contributed by atoms with Crippen LogP contribution < -0.4 is 0 Å². The zero-order valence-electron chi connectivity index (χ0n) is 3.26. The first-order valence-electron chi connectivity index (χ1n) is 1.57. The molecule has 0 aromatic heterocycles. The third kappa shape index (κ3) is 5130. The maximum Gasteiger partial charge on any atom is -0.00208 e. The van der Waals surface area contributed by atoms with Crippen molar-refractivity contribution in [3.63, 3.8) is 0 Å². The van der Waals surface area contributed by atoms with Gasteiger partial charge >= 0.3 is 0 Å². The lowest BCUT2D eigenvalue weighted by Gasteiger charge is -1.15. The fourth-order valence-electron chi connectivity index (χ4n) is 0. The molecule has 3 nitrogen and oxygen atoms in total. The van der Waals surface area contributed by atoms with Crippen LogP contribution in [0.3, 0.4) is 0 Å². The summed E-state index contributed by atoms with van der Waals surface area (Å²) in [5.74, 6) is 0. The summed E-state index contributed by atoms with van der Waals surface area (Å²) in [7, 11) is 0. The van der Waals surface area contributed by atoms with Gasteiger partial charge in [0, 0.05) is 0 Å². The van der Waals surface area contributed by atoms with Crippen molar-refractivity contribution in [1.82, 2.24) is 0 Å². The molecule has 0 bridgehead atoms. The van der Waals surface area contributed by atoms with Gasteiger partial charge in [-0.25, -0.2) is 0 Å². The van der Waals surface area contributed by atoms with Crippen LogP contribution in [0, 0.1) is 5.53 Å². The molecule has 0 atom stereocenters. The van der Waals surface area contributed by atoms with E-state index in [0.29, 0.717) is 0 Å². The minimum atomic E-state index is 1.25. The van der Waals surface area contributed by atoms with Crippen molar-refractivity contribution >= 4 is 0 Å². The summed E-state index contributed by atoms with van der Waals surface area (Å²) in [5, 5.41) is 0. The monoisotopic (exact) mass is 83.0 g/mol. The van der Waals surface area contributed by atoms with Gasteiger partial charge in [0.1, 0.15) is 0 Å². The Hall–Kier alpha value is -0.950. The number of hydrogen-bond donors (Lipinski definition) is 1. The fraction of sp³-hybridized carbons (Fsp3) is 0.333. The van der Waals surface area contributed by atoms with Gasteiger partial charge < -0.3 is 0 Å². The van der Waals surface area contributed by atoms with Gasteiger partial charge in [-0.3, -0.25) is 0 Å². The van der Waals surface area contributed by atoms with Gasteiger partial charge in [0.05, 0.1) is 0 Å². The van der Waals surface area contributed by atoms with Crippen molar-refractivity contribution in [2.75, 3.05) is 0 Å². The number of nitrogens with zero attached hydrogens (tertiary/aromatic N) is 2. The maximum absolute atomic E-state index is 6.86. The second kappa shape index (κ2) is 4.05. The first kappa shape index (κ1) is 5.05. The Labute approximate surface area is 35.7 Å². The molecule has 0 fully saturated rings. The van der Waals surface area contributed by atoms with Gasteiger partial charge in [0.15, 0.2) is 0 Å². The average molecular weight is 83.1 g/mol. The molecule has 0 radical (unpaired) electrons. The molecule has 1 aliphatic carbocycles. The lowest BCUT2D eigenvalue weighted by atomic mass is 10.9. The van der Waals surface area contributed by atoms with Crippen LogP contribution in [0.1, 0.15) is 6.42 Å². The van der Waals surface area contributed by atoms with Crippen LogP contribution >= 0.6 is 0 Å². The van der Waals surface area contributed by atoms with E-state index in [4.69, 9.17) is 11.1 Å². The smallest absolute Gasteiger partial charge is 0.00208 e. The molecule has 1 rings (SSSR count). The van der Waals surface area contributed by atoms with Crippen molar-refractivity contribution in [2.45, 2.75) is 6.42 Å². The van der Waals surface area contributed by atoms with E-state index in [1.165, 1.54) is 6.42 Å². The molecule has 0 unspecified atom stereocenters. The zero-order valence-corrected chi connectivity index (χ0v) is 3.26. The van der Waals surface area contributed by atoms with E-state index in [1.807, 2.05) is 0 Å². The molecule has 0 aromatic carbocycles. The second-order valence-corrected chi connectivity index (χ2v) is 0.807. The highest BCUT2D eigenvalue weighted by atomic mass is 15.0. The molecule has 3 heteroatoms. The maximum atomic E-state index is 6.86. The highest BCUT2D eigenvalue weighted by Gasteiger charge is 1.75. The fourth-order valence-corrected chi connectivity index (χ4v) is 0. The van der Waals surface area contributed by atoms with Crippen LogP contribution in [-0.4, -0.2) is 0 Å². The Kier molecular flexibility index (Phi) is 3.41. The number of nitrogens with one attached hydrogen (secondary N) is 1. The Morgan fingerprint density at radius 3 is 1.83 bits per heavy atom. The molecular formula is C3H5N3. The zero-order chi connectivity index (χ0) is 4.83. The molecule has 1 aliphatic rings. The van der Waals surface area contributed by atoms with Crippen molar-refractivity contribution in [3.05, 3.63) is 22.6 Å². The van der Waals surface area contributed by atoms with Gasteiger partial charge in [-0.1, -0.05) is 12.2 Å². The first-order valence-corrected chi connectivity index (χ1v) is 1.57. The standard InChI is InChI=1S/C3H4.HN3/c1-2-3-1;1-3-2/h1-2H,3H2;1H. The molecule has 0 spiro atoms. The molecule has 0 heterocycles. The van der Waals surface area contributed by atoms with E-state index in [0.717, 1.165) is 0 Å². The van der Waals surface area contributed by atoms with E-state index < -0.39 is 0 Å². The van der Waals surface area contributed by atoms with Gasteiger partial charge in [0.2, 0.25) is 0 Å². The average Bonchev–Trinajstić information content (AvgIpc) is 2.11. The van der Waals surface area contributed by atoms with Crippen molar-refractivity contribution < 1.29 is 0 Å². The van der Waals surface area contributed by atoms with E-state index in [1.54, 1.807) is 4.91 Å². The van der Waals surface area contributed by atoms with Gasteiger partial charge in [-0.05, 0) is 16.9 Å². The molecule has 0 amide bonds. The highest BCUT2D eigenvalue weighted by molar-refractivity contribution is 5.02. The third-order valence-corrected chi connectivity index (χ3v) is 0.236. The summed E-state index contributed by atoms with van der Waals surface area (Å²) in [6, 6.07) is 0. The lowest BCUT2D eigenvalue weighted by Crippen LogP contribution is -0.956. The summed E-state index contributed by atoms with van der Waals surface area (Å²) in [5.41, 5.74) is 12.2. The van der Waals surface area contributed by atoms with Crippen LogP contribution in [0.5, 0.6) is 0 Å². The predicted octanol–water partition coefficient (Wildman–Crippen LogP) is 1.82. The third-order valence-electron chi connectivity index (χ3n) is 0.236. The summed E-state index contributed by atoms with van der Waals surface area (Å²) in [6.45, 7) is 0. The summed E-state index contributed by atoms with van der Waals surface area (Å²) in [4.78, 5) is 1.75. The molecule has 32 valence electrons. The molecule has 0 saturated carbocycles. The van der Waals surface area contributed by atoms with Crippen LogP contribution in [0.15, 0.2) is 12.2 Å². The largest absolute Gasteiger partial charge is 0.108 e. The Morgan fingerprint density at radius 1 is 1.67 bits per heavy atom. The van der Waals surface area contributed by atoms with Crippen molar-refractivity contribution in [1.29, 1.82) is 5.53 Å².